The number of rotatable bonds is 6. The van der Waals surface area contributed by atoms with E-state index in [0.29, 0.717) is 6.54 Å². The molecule has 2 rings (SSSR count). The van der Waals surface area contributed by atoms with Crippen LogP contribution in [0.1, 0.15) is 28.3 Å². The van der Waals surface area contributed by atoms with E-state index in [1.807, 2.05) is 36.4 Å². The molecule has 0 saturated carbocycles. The Hall–Kier alpha value is -1.36. The molecule has 0 fully saturated rings. The fourth-order valence-electron chi connectivity index (χ4n) is 1.95. The van der Waals surface area contributed by atoms with Gasteiger partial charge in [-0.3, -0.25) is 4.79 Å². The Balaban J connectivity index is 1.93. The zero-order chi connectivity index (χ0) is 14.5. The third-order valence-electron chi connectivity index (χ3n) is 3.00. The molecule has 106 valence electrons. The number of thiophene rings is 1. The molecule has 0 unspecified atom stereocenters. The molecule has 2 N–H and O–H groups in total. The minimum atomic E-state index is -0.796. The largest absolute Gasteiger partial charge is 0.481 e. The zero-order valence-corrected chi connectivity index (χ0v) is 12.7. The maximum absolute atomic E-state index is 10.6. The van der Waals surface area contributed by atoms with Crippen molar-refractivity contribution in [3.8, 4) is 0 Å². The summed E-state index contributed by atoms with van der Waals surface area (Å²) in [6.45, 7) is 2.77. The Morgan fingerprint density at radius 1 is 1.30 bits per heavy atom. The van der Waals surface area contributed by atoms with Crippen molar-refractivity contribution >= 4 is 28.9 Å². The molecule has 5 heteroatoms. The average Bonchev–Trinajstić information content (AvgIpc) is 2.83. The van der Waals surface area contributed by atoms with E-state index in [-0.39, 0.29) is 12.5 Å². The number of hydrogen-bond donors (Lipinski definition) is 2. The van der Waals surface area contributed by atoms with Crippen molar-refractivity contribution in [2.24, 2.45) is 0 Å². The molecule has 1 atom stereocenters. The lowest BCUT2D eigenvalue weighted by Gasteiger charge is -2.14. The number of nitrogens with one attached hydrogen (secondary N) is 1. The second-order valence-electron chi connectivity index (χ2n) is 4.56. The van der Waals surface area contributed by atoms with E-state index < -0.39 is 5.97 Å². The van der Waals surface area contributed by atoms with Gasteiger partial charge >= 0.3 is 5.97 Å². The van der Waals surface area contributed by atoms with E-state index in [9.17, 15) is 4.79 Å². The van der Waals surface area contributed by atoms with Gasteiger partial charge in [-0.05, 0) is 30.7 Å². The van der Waals surface area contributed by atoms with Gasteiger partial charge in [-0.2, -0.15) is 0 Å². The Morgan fingerprint density at radius 3 is 2.70 bits per heavy atom. The molecule has 0 aliphatic rings. The Kier molecular flexibility index (Phi) is 5.17. The van der Waals surface area contributed by atoms with Crippen LogP contribution in [0, 0.1) is 0 Å². The molecule has 20 heavy (non-hydrogen) atoms. The number of carboxylic acid groups (broad SMARTS) is 1. The smallest absolute Gasteiger partial charge is 0.308 e. The van der Waals surface area contributed by atoms with Gasteiger partial charge in [-0.1, -0.05) is 29.8 Å². The van der Waals surface area contributed by atoms with Crippen molar-refractivity contribution in [3.05, 3.63) is 56.7 Å². The number of hydrogen-bond acceptors (Lipinski definition) is 3. The van der Waals surface area contributed by atoms with Gasteiger partial charge in [0.05, 0.1) is 6.42 Å². The molecule has 0 radical (unpaired) electrons. The quantitative estimate of drug-likeness (QED) is 0.851. The first kappa shape index (κ1) is 15.0. The van der Waals surface area contributed by atoms with Crippen LogP contribution in [-0.2, 0) is 17.8 Å². The predicted molar refractivity (Wildman–Crippen MR) is 82.4 cm³/mol. The Bertz CT molecular complexity index is 597. The monoisotopic (exact) mass is 309 g/mol. The van der Waals surface area contributed by atoms with Gasteiger partial charge in [0, 0.05) is 27.4 Å². The summed E-state index contributed by atoms with van der Waals surface area (Å²) >= 11 is 7.69. The summed E-state index contributed by atoms with van der Waals surface area (Å²) in [5.41, 5.74) is 1.07. The highest BCUT2D eigenvalue weighted by Gasteiger charge is 2.09. The first-order valence-corrected chi connectivity index (χ1v) is 7.53. The topological polar surface area (TPSA) is 49.3 Å². The first-order chi connectivity index (χ1) is 9.56. The number of carbonyl (C=O) groups is 1. The SMILES string of the molecule is C[C@@H](NCc1ccc(CC(=O)O)s1)c1ccccc1Cl. The molecule has 0 saturated heterocycles. The number of carboxylic acids is 1. The minimum absolute atomic E-state index is 0.0880. The maximum atomic E-state index is 10.6. The van der Waals surface area contributed by atoms with Crippen LogP contribution >= 0.6 is 22.9 Å². The maximum Gasteiger partial charge on any atom is 0.308 e. The van der Waals surface area contributed by atoms with Gasteiger partial charge in [-0.15, -0.1) is 11.3 Å². The number of aliphatic carboxylic acids is 1. The van der Waals surface area contributed by atoms with Crippen LogP contribution < -0.4 is 5.32 Å². The van der Waals surface area contributed by atoms with Gasteiger partial charge in [0.25, 0.3) is 0 Å². The second-order valence-corrected chi connectivity index (χ2v) is 6.22. The first-order valence-electron chi connectivity index (χ1n) is 6.33. The van der Waals surface area contributed by atoms with Crippen molar-refractivity contribution in [1.82, 2.24) is 5.32 Å². The molecule has 0 bridgehead atoms. The predicted octanol–water partition coefficient (Wildman–Crippen LogP) is 3.88. The zero-order valence-electron chi connectivity index (χ0n) is 11.1. The Labute approximate surface area is 127 Å². The molecule has 1 heterocycles. The highest BCUT2D eigenvalue weighted by molar-refractivity contribution is 7.12. The van der Waals surface area contributed by atoms with E-state index in [1.54, 1.807) is 0 Å². The van der Waals surface area contributed by atoms with E-state index >= 15 is 0 Å². The summed E-state index contributed by atoms with van der Waals surface area (Å²) in [7, 11) is 0. The van der Waals surface area contributed by atoms with Crippen LogP contribution in [0.15, 0.2) is 36.4 Å². The summed E-state index contributed by atoms with van der Waals surface area (Å²) in [5.74, 6) is -0.796. The second kappa shape index (κ2) is 6.88. The van der Waals surface area contributed by atoms with Crippen molar-refractivity contribution in [1.29, 1.82) is 0 Å². The summed E-state index contributed by atoms with van der Waals surface area (Å²) in [4.78, 5) is 12.6. The van der Waals surface area contributed by atoms with E-state index in [0.717, 1.165) is 20.3 Å². The fraction of sp³-hybridized carbons (Fsp3) is 0.267. The molecular formula is C15H16ClNO2S. The molecule has 2 aromatic rings. The standard InChI is InChI=1S/C15H16ClNO2S/c1-10(13-4-2-3-5-14(13)16)17-9-12-7-6-11(20-12)8-15(18)19/h2-7,10,17H,8-9H2,1H3,(H,18,19)/t10-/m1/s1. The third-order valence-corrected chi connectivity index (χ3v) is 4.43. The minimum Gasteiger partial charge on any atom is -0.481 e. The van der Waals surface area contributed by atoms with Crippen LogP contribution in [0.25, 0.3) is 0 Å². The van der Waals surface area contributed by atoms with Gasteiger partial charge in [0.1, 0.15) is 0 Å². The lowest BCUT2D eigenvalue weighted by atomic mass is 10.1. The van der Waals surface area contributed by atoms with Gasteiger partial charge in [0.15, 0.2) is 0 Å². The van der Waals surface area contributed by atoms with E-state index in [4.69, 9.17) is 16.7 Å². The fourth-order valence-corrected chi connectivity index (χ4v) is 3.21. The number of benzene rings is 1. The van der Waals surface area contributed by atoms with Crippen LogP contribution in [0.4, 0.5) is 0 Å². The molecule has 0 amide bonds. The van der Waals surface area contributed by atoms with Crippen molar-refractivity contribution < 1.29 is 9.90 Å². The summed E-state index contributed by atoms with van der Waals surface area (Å²) in [6, 6.07) is 11.8. The highest BCUT2D eigenvalue weighted by Crippen LogP contribution is 2.23. The van der Waals surface area contributed by atoms with Gasteiger partial charge in [0.2, 0.25) is 0 Å². The summed E-state index contributed by atoms with van der Waals surface area (Å²) in [6.07, 6.45) is 0.0880. The van der Waals surface area contributed by atoms with Crippen molar-refractivity contribution in [3.63, 3.8) is 0 Å². The lowest BCUT2D eigenvalue weighted by molar-refractivity contribution is -0.136. The summed E-state index contributed by atoms with van der Waals surface area (Å²) in [5, 5.41) is 12.9. The van der Waals surface area contributed by atoms with Gasteiger partial charge in [-0.25, -0.2) is 0 Å². The molecule has 1 aromatic heterocycles. The van der Waals surface area contributed by atoms with E-state index in [1.165, 1.54) is 11.3 Å². The molecule has 0 aliphatic carbocycles. The molecule has 1 aromatic carbocycles. The van der Waals surface area contributed by atoms with Crippen molar-refractivity contribution in [2.45, 2.75) is 25.9 Å². The molecule has 3 nitrogen and oxygen atoms in total. The molecule has 0 spiro atoms. The Morgan fingerprint density at radius 2 is 2.00 bits per heavy atom. The summed E-state index contributed by atoms with van der Waals surface area (Å²) < 4.78 is 0. The van der Waals surface area contributed by atoms with E-state index in [2.05, 4.69) is 12.2 Å². The molecular weight excluding hydrogens is 294 g/mol. The lowest BCUT2D eigenvalue weighted by Crippen LogP contribution is -2.17. The highest BCUT2D eigenvalue weighted by atomic mass is 35.5. The average molecular weight is 310 g/mol. The van der Waals surface area contributed by atoms with Crippen molar-refractivity contribution in [2.75, 3.05) is 0 Å². The molecule has 0 aliphatic heterocycles. The number of halogens is 1. The third kappa shape index (κ3) is 4.07. The van der Waals surface area contributed by atoms with Crippen LogP contribution in [0.5, 0.6) is 0 Å². The van der Waals surface area contributed by atoms with Crippen LogP contribution in [-0.4, -0.2) is 11.1 Å². The van der Waals surface area contributed by atoms with Gasteiger partial charge < -0.3 is 10.4 Å². The van der Waals surface area contributed by atoms with Crippen LogP contribution in [0.3, 0.4) is 0 Å². The normalized spacial score (nSPS) is 12.3. The van der Waals surface area contributed by atoms with Crippen LogP contribution in [0.2, 0.25) is 5.02 Å².